The van der Waals surface area contributed by atoms with Crippen molar-refractivity contribution in [2.75, 3.05) is 17.4 Å². The van der Waals surface area contributed by atoms with Crippen molar-refractivity contribution >= 4 is 39.1 Å². The lowest BCUT2D eigenvalue weighted by molar-refractivity contribution is -0.140. The average molecular weight is 646 g/mol. The molecule has 4 aromatic rings. The van der Waals surface area contributed by atoms with Crippen LogP contribution in [-0.2, 0) is 32.6 Å². The third-order valence-corrected chi connectivity index (χ3v) is 9.49. The van der Waals surface area contributed by atoms with E-state index in [0.29, 0.717) is 22.8 Å². The summed E-state index contributed by atoms with van der Waals surface area (Å²) in [4.78, 5) is 29.9. The van der Waals surface area contributed by atoms with Crippen LogP contribution in [0, 0.1) is 19.8 Å². The summed E-state index contributed by atoms with van der Waals surface area (Å²) in [5.41, 5.74) is 3.52. The molecule has 0 unspecified atom stereocenters. The lowest BCUT2D eigenvalue weighted by atomic mass is 10.0. The molecule has 0 bridgehead atoms. The molecule has 0 aliphatic rings. The quantitative estimate of drug-likeness (QED) is 0.178. The van der Waals surface area contributed by atoms with Crippen molar-refractivity contribution < 1.29 is 18.0 Å². The Morgan fingerprint density at radius 2 is 1.42 bits per heavy atom. The fourth-order valence-corrected chi connectivity index (χ4v) is 6.60. The maximum atomic E-state index is 14.5. The van der Waals surface area contributed by atoms with Gasteiger partial charge in [0.15, 0.2) is 0 Å². The summed E-state index contributed by atoms with van der Waals surface area (Å²) in [5, 5.41) is 3.34. The molecule has 0 aromatic heterocycles. The van der Waals surface area contributed by atoms with Crippen LogP contribution in [0.4, 0.5) is 5.69 Å². The summed E-state index contributed by atoms with van der Waals surface area (Å²) in [6.45, 7) is 7.66. The first-order chi connectivity index (χ1) is 21.5. The second-order valence-corrected chi connectivity index (χ2v) is 13.9. The number of hydrogen-bond acceptors (Lipinski definition) is 4. The Morgan fingerprint density at radius 3 is 2.02 bits per heavy atom. The van der Waals surface area contributed by atoms with Crippen molar-refractivity contribution in [3.63, 3.8) is 0 Å². The van der Waals surface area contributed by atoms with Crippen LogP contribution in [0.1, 0.15) is 36.1 Å². The van der Waals surface area contributed by atoms with Gasteiger partial charge in [-0.3, -0.25) is 13.9 Å². The van der Waals surface area contributed by atoms with E-state index in [1.165, 1.54) is 17.0 Å². The number of rotatable bonds is 13. The Morgan fingerprint density at radius 1 is 0.822 bits per heavy atom. The number of amides is 2. The lowest BCUT2D eigenvalue weighted by Crippen LogP contribution is -2.53. The SMILES string of the molecule is Cc1ccc(S(=O)(=O)N(CC(=O)N(Cc2ccccc2)[C@H](Cc2ccccc2)C(=O)NCC(C)C)c2cc(Cl)ccc2C)cc1. The first-order valence-electron chi connectivity index (χ1n) is 15.0. The summed E-state index contributed by atoms with van der Waals surface area (Å²) in [6.07, 6.45) is 0.254. The molecule has 236 valence electrons. The summed E-state index contributed by atoms with van der Waals surface area (Å²) >= 11 is 6.36. The number of hydrogen-bond donors (Lipinski definition) is 1. The van der Waals surface area contributed by atoms with E-state index in [-0.39, 0.29) is 29.7 Å². The molecule has 0 radical (unpaired) electrons. The molecule has 2 amide bonds. The average Bonchev–Trinajstić information content (AvgIpc) is 3.02. The predicted molar refractivity (Wildman–Crippen MR) is 181 cm³/mol. The van der Waals surface area contributed by atoms with Gasteiger partial charge in [-0.2, -0.15) is 0 Å². The minimum absolute atomic E-state index is 0.0467. The van der Waals surface area contributed by atoms with Crippen LogP contribution in [0.25, 0.3) is 0 Å². The third-order valence-electron chi connectivity index (χ3n) is 7.48. The summed E-state index contributed by atoms with van der Waals surface area (Å²) < 4.78 is 29.6. The van der Waals surface area contributed by atoms with Gasteiger partial charge in [0, 0.05) is 24.5 Å². The van der Waals surface area contributed by atoms with Crippen LogP contribution in [-0.4, -0.2) is 44.3 Å². The Labute approximate surface area is 271 Å². The van der Waals surface area contributed by atoms with Crippen LogP contribution in [0.15, 0.2) is 108 Å². The number of anilines is 1. The van der Waals surface area contributed by atoms with Crippen LogP contribution in [0.5, 0.6) is 0 Å². The molecule has 0 heterocycles. The third kappa shape index (κ3) is 8.96. The van der Waals surface area contributed by atoms with Crippen molar-refractivity contribution in [3.05, 3.63) is 130 Å². The topological polar surface area (TPSA) is 86.8 Å². The van der Waals surface area contributed by atoms with Crippen molar-refractivity contribution in [3.8, 4) is 0 Å². The molecular formula is C36H40ClN3O4S. The largest absolute Gasteiger partial charge is 0.354 e. The van der Waals surface area contributed by atoms with Crippen LogP contribution < -0.4 is 9.62 Å². The molecular weight excluding hydrogens is 606 g/mol. The normalized spacial score (nSPS) is 12.0. The smallest absolute Gasteiger partial charge is 0.264 e. The number of halogens is 1. The van der Waals surface area contributed by atoms with Gasteiger partial charge in [-0.15, -0.1) is 0 Å². The van der Waals surface area contributed by atoms with Crippen LogP contribution in [0.3, 0.4) is 0 Å². The van der Waals surface area contributed by atoms with Gasteiger partial charge in [-0.05, 0) is 60.7 Å². The molecule has 1 N–H and O–H groups in total. The fourth-order valence-electron chi connectivity index (χ4n) is 4.96. The second-order valence-electron chi connectivity index (χ2n) is 11.6. The van der Waals surface area contributed by atoms with Crippen molar-refractivity contribution in [2.45, 2.75) is 51.6 Å². The maximum absolute atomic E-state index is 14.5. The molecule has 4 aromatic carbocycles. The van der Waals surface area contributed by atoms with E-state index in [0.717, 1.165) is 21.0 Å². The molecule has 0 spiro atoms. The molecule has 4 rings (SSSR count). The zero-order valence-corrected chi connectivity index (χ0v) is 27.7. The van der Waals surface area contributed by atoms with E-state index >= 15 is 0 Å². The van der Waals surface area contributed by atoms with E-state index in [9.17, 15) is 18.0 Å². The van der Waals surface area contributed by atoms with Gasteiger partial charge in [0.2, 0.25) is 11.8 Å². The zero-order valence-electron chi connectivity index (χ0n) is 26.1. The standard InChI is InChI=1S/C36H40ClN3O4S/c1-26(2)23-38-36(42)34(21-29-11-7-5-8-12-29)39(24-30-13-9-6-10-14-30)35(41)25-40(33-22-31(37)18-17-28(33)4)45(43,44)32-19-15-27(3)16-20-32/h5-20,22,26,34H,21,23-25H2,1-4H3,(H,38,42)/t34-/m1/s1. The first-order valence-corrected chi connectivity index (χ1v) is 16.8. The summed E-state index contributed by atoms with van der Waals surface area (Å²) in [6, 6.07) is 29.4. The molecule has 0 saturated heterocycles. The molecule has 7 nitrogen and oxygen atoms in total. The van der Waals surface area contributed by atoms with E-state index in [1.807, 2.05) is 81.4 Å². The molecule has 1 atom stereocenters. The molecule has 0 saturated carbocycles. The minimum atomic E-state index is -4.21. The maximum Gasteiger partial charge on any atom is 0.264 e. The first kappa shape index (κ1) is 33.7. The Kier molecular flexibility index (Phi) is 11.4. The number of sulfonamides is 1. The number of carbonyl (C=O) groups is 2. The zero-order chi connectivity index (χ0) is 32.6. The van der Waals surface area contributed by atoms with Gasteiger partial charge in [0.25, 0.3) is 10.0 Å². The van der Waals surface area contributed by atoms with E-state index < -0.39 is 28.5 Å². The second kappa shape index (κ2) is 15.2. The summed E-state index contributed by atoms with van der Waals surface area (Å²) in [7, 11) is -4.21. The molecule has 45 heavy (non-hydrogen) atoms. The molecule has 0 fully saturated rings. The lowest BCUT2D eigenvalue weighted by Gasteiger charge is -2.34. The highest BCUT2D eigenvalue weighted by Gasteiger charge is 2.35. The highest BCUT2D eigenvalue weighted by atomic mass is 35.5. The van der Waals surface area contributed by atoms with Crippen LogP contribution in [0.2, 0.25) is 5.02 Å². The van der Waals surface area contributed by atoms with E-state index in [1.54, 1.807) is 37.3 Å². The van der Waals surface area contributed by atoms with Gasteiger partial charge in [-0.25, -0.2) is 8.42 Å². The van der Waals surface area contributed by atoms with Gasteiger partial charge in [-0.1, -0.05) is 110 Å². The molecule has 0 aliphatic heterocycles. The minimum Gasteiger partial charge on any atom is -0.354 e. The van der Waals surface area contributed by atoms with Crippen molar-refractivity contribution in [2.24, 2.45) is 5.92 Å². The predicted octanol–water partition coefficient (Wildman–Crippen LogP) is 6.56. The molecule has 9 heteroatoms. The molecule has 0 aliphatic carbocycles. The van der Waals surface area contributed by atoms with Crippen molar-refractivity contribution in [1.82, 2.24) is 10.2 Å². The highest BCUT2D eigenvalue weighted by molar-refractivity contribution is 7.92. The van der Waals surface area contributed by atoms with E-state index in [2.05, 4.69) is 5.32 Å². The Bertz CT molecular complexity index is 1700. The van der Waals surface area contributed by atoms with E-state index in [4.69, 9.17) is 11.6 Å². The van der Waals surface area contributed by atoms with Crippen molar-refractivity contribution in [1.29, 1.82) is 0 Å². The number of aryl methyl sites for hydroxylation is 2. The van der Waals surface area contributed by atoms with Gasteiger partial charge in [0.1, 0.15) is 12.6 Å². The summed E-state index contributed by atoms with van der Waals surface area (Å²) in [5.74, 6) is -0.621. The van der Waals surface area contributed by atoms with Gasteiger partial charge in [0.05, 0.1) is 10.6 Å². The number of nitrogens with one attached hydrogen (secondary N) is 1. The van der Waals surface area contributed by atoms with Gasteiger partial charge >= 0.3 is 0 Å². The monoisotopic (exact) mass is 645 g/mol. The number of benzene rings is 4. The Balaban J connectivity index is 1.81. The Hall–Kier alpha value is -4.14. The van der Waals surface area contributed by atoms with Crippen LogP contribution >= 0.6 is 11.6 Å². The van der Waals surface area contributed by atoms with Gasteiger partial charge < -0.3 is 10.2 Å². The number of carbonyl (C=O) groups excluding carboxylic acids is 2. The highest BCUT2D eigenvalue weighted by Crippen LogP contribution is 2.30. The fraction of sp³-hybridized carbons (Fsp3) is 0.278. The number of nitrogens with zero attached hydrogens (tertiary/aromatic N) is 2.